The van der Waals surface area contributed by atoms with Crippen molar-refractivity contribution in [1.82, 2.24) is 4.72 Å². The summed E-state index contributed by atoms with van der Waals surface area (Å²) in [5, 5.41) is 11.1. The van der Waals surface area contributed by atoms with Crippen molar-refractivity contribution in [3.63, 3.8) is 0 Å². The maximum Gasteiger partial charge on any atom is 0.310 e. The van der Waals surface area contributed by atoms with Crippen molar-refractivity contribution in [2.24, 2.45) is 5.92 Å². The fraction of sp³-hybridized carbons (Fsp3) is 0.533. The molecule has 0 aromatic heterocycles. The Labute approximate surface area is 140 Å². The number of nitrogens with zero attached hydrogens (tertiary/aromatic N) is 1. The fourth-order valence-electron chi connectivity index (χ4n) is 2.90. The monoisotopic (exact) mass is 356 g/mol. The molecule has 0 spiro atoms. The van der Waals surface area contributed by atoms with Gasteiger partial charge in [0, 0.05) is 12.1 Å². The van der Waals surface area contributed by atoms with E-state index in [0.29, 0.717) is 12.8 Å². The topological polar surface area (TPSA) is 116 Å². The molecule has 0 bridgehead atoms. The van der Waals surface area contributed by atoms with Gasteiger partial charge in [-0.15, -0.1) is 0 Å². The molecule has 0 aliphatic heterocycles. The predicted molar refractivity (Wildman–Crippen MR) is 85.8 cm³/mol. The Balaban J connectivity index is 2.27. The summed E-state index contributed by atoms with van der Waals surface area (Å²) in [6.07, 6.45) is 2.61. The van der Waals surface area contributed by atoms with Crippen LogP contribution in [0.15, 0.2) is 29.2 Å². The largest absolute Gasteiger partial charge is 0.466 e. The zero-order valence-electron chi connectivity index (χ0n) is 13.3. The van der Waals surface area contributed by atoms with Crippen LogP contribution >= 0.6 is 0 Å². The highest BCUT2D eigenvalue weighted by atomic mass is 32.2. The molecule has 9 heteroatoms. The number of para-hydroxylation sites is 1. The lowest BCUT2D eigenvalue weighted by Crippen LogP contribution is -2.45. The summed E-state index contributed by atoms with van der Waals surface area (Å²) < 4.78 is 32.6. The summed E-state index contributed by atoms with van der Waals surface area (Å²) >= 11 is 0. The van der Waals surface area contributed by atoms with Gasteiger partial charge in [0.05, 0.1) is 17.4 Å². The number of sulfonamides is 1. The molecule has 1 N–H and O–H groups in total. The van der Waals surface area contributed by atoms with Gasteiger partial charge in [0.25, 0.3) is 5.69 Å². The Morgan fingerprint density at radius 1 is 1.33 bits per heavy atom. The molecule has 24 heavy (non-hydrogen) atoms. The smallest absolute Gasteiger partial charge is 0.310 e. The normalized spacial score (nSPS) is 21.2. The number of ether oxygens (including phenoxy) is 1. The SMILES string of the molecule is CCOC(=O)[C@H]1CCCC[C@@H]1NS(=O)(=O)c1ccccc1[N+](=O)[O-]. The van der Waals surface area contributed by atoms with Gasteiger partial charge in [0.1, 0.15) is 0 Å². The van der Waals surface area contributed by atoms with Gasteiger partial charge in [-0.05, 0) is 25.8 Å². The summed E-state index contributed by atoms with van der Waals surface area (Å²) in [7, 11) is -4.12. The maximum atomic E-state index is 12.6. The zero-order valence-corrected chi connectivity index (χ0v) is 14.1. The third-order valence-corrected chi connectivity index (χ3v) is 5.55. The third kappa shape index (κ3) is 4.09. The lowest BCUT2D eigenvalue weighted by Gasteiger charge is -2.30. The summed E-state index contributed by atoms with van der Waals surface area (Å²) in [6, 6.07) is 4.52. The van der Waals surface area contributed by atoms with Gasteiger partial charge in [0.2, 0.25) is 10.0 Å². The second-order valence-electron chi connectivity index (χ2n) is 5.60. The molecule has 2 rings (SSSR count). The average molecular weight is 356 g/mol. The number of esters is 1. The number of rotatable bonds is 6. The van der Waals surface area contributed by atoms with Gasteiger partial charge in [0.15, 0.2) is 4.90 Å². The Morgan fingerprint density at radius 3 is 2.67 bits per heavy atom. The highest BCUT2D eigenvalue weighted by Crippen LogP contribution is 2.29. The summed E-state index contributed by atoms with van der Waals surface area (Å²) in [4.78, 5) is 22.0. The molecule has 0 amide bonds. The summed E-state index contributed by atoms with van der Waals surface area (Å²) in [6.45, 7) is 1.91. The minimum Gasteiger partial charge on any atom is -0.466 e. The van der Waals surface area contributed by atoms with E-state index in [-0.39, 0.29) is 6.61 Å². The molecule has 1 aliphatic rings. The molecule has 132 valence electrons. The highest BCUT2D eigenvalue weighted by molar-refractivity contribution is 7.89. The first-order valence-corrected chi connectivity index (χ1v) is 9.27. The molecule has 1 saturated carbocycles. The molecule has 8 nitrogen and oxygen atoms in total. The van der Waals surface area contributed by atoms with Crippen LogP contribution < -0.4 is 4.72 Å². The van der Waals surface area contributed by atoms with E-state index in [1.807, 2.05) is 0 Å². The Morgan fingerprint density at radius 2 is 2.00 bits per heavy atom. The van der Waals surface area contributed by atoms with Crippen LogP contribution in [0.3, 0.4) is 0 Å². The average Bonchev–Trinajstić information content (AvgIpc) is 2.55. The second-order valence-corrected chi connectivity index (χ2v) is 7.28. The lowest BCUT2D eigenvalue weighted by molar-refractivity contribution is -0.387. The van der Waals surface area contributed by atoms with Crippen molar-refractivity contribution in [2.75, 3.05) is 6.61 Å². The van der Waals surface area contributed by atoms with E-state index >= 15 is 0 Å². The van der Waals surface area contributed by atoms with Gasteiger partial charge in [-0.3, -0.25) is 14.9 Å². The van der Waals surface area contributed by atoms with Gasteiger partial charge < -0.3 is 4.74 Å². The number of hydrogen-bond acceptors (Lipinski definition) is 6. The van der Waals surface area contributed by atoms with E-state index in [2.05, 4.69) is 4.72 Å². The minimum absolute atomic E-state index is 0.221. The molecular weight excluding hydrogens is 336 g/mol. The number of carbonyl (C=O) groups is 1. The number of nitro benzene ring substituents is 1. The fourth-order valence-corrected chi connectivity index (χ4v) is 4.38. The zero-order chi connectivity index (χ0) is 17.7. The third-order valence-electron chi connectivity index (χ3n) is 4.01. The van der Waals surface area contributed by atoms with Crippen molar-refractivity contribution in [2.45, 2.75) is 43.5 Å². The van der Waals surface area contributed by atoms with Gasteiger partial charge >= 0.3 is 5.97 Å². The molecule has 1 fully saturated rings. The Kier molecular flexibility index (Phi) is 5.89. The summed E-state index contributed by atoms with van der Waals surface area (Å²) in [5.74, 6) is -1.01. The van der Waals surface area contributed by atoms with E-state index in [1.165, 1.54) is 18.2 Å². The summed E-state index contributed by atoms with van der Waals surface area (Å²) in [5.41, 5.74) is -0.492. The maximum absolute atomic E-state index is 12.6. The number of nitrogens with one attached hydrogen (secondary N) is 1. The highest BCUT2D eigenvalue weighted by Gasteiger charge is 2.36. The van der Waals surface area contributed by atoms with Crippen molar-refractivity contribution >= 4 is 21.7 Å². The molecule has 1 aliphatic carbocycles. The first-order valence-electron chi connectivity index (χ1n) is 7.79. The van der Waals surface area contributed by atoms with Crippen LogP contribution in [0, 0.1) is 16.0 Å². The molecule has 1 aromatic carbocycles. The van der Waals surface area contributed by atoms with Crippen LogP contribution in [-0.2, 0) is 19.6 Å². The van der Waals surface area contributed by atoms with Crippen molar-refractivity contribution < 1.29 is 22.9 Å². The van der Waals surface area contributed by atoms with Gasteiger partial charge in [-0.2, -0.15) is 0 Å². The van der Waals surface area contributed by atoms with Crippen molar-refractivity contribution in [3.8, 4) is 0 Å². The van der Waals surface area contributed by atoms with Crippen LogP contribution in [-0.4, -0.2) is 32.0 Å². The van der Waals surface area contributed by atoms with Crippen LogP contribution in [0.1, 0.15) is 32.6 Å². The molecule has 0 saturated heterocycles. The van der Waals surface area contributed by atoms with Gasteiger partial charge in [-0.1, -0.05) is 25.0 Å². The minimum atomic E-state index is -4.12. The second kappa shape index (κ2) is 7.71. The van der Waals surface area contributed by atoms with E-state index < -0.39 is 43.5 Å². The standard InChI is InChI=1S/C15H20N2O6S/c1-2-23-15(18)11-7-3-4-8-12(11)16-24(21,22)14-10-6-5-9-13(14)17(19)20/h5-6,9-12,16H,2-4,7-8H2,1H3/t11-,12-/m0/s1. The van der Waals surface area contributed by atoms with Crippen LogP contribution in [0.5, 0.6) is 0 Å². The Bertz CT molecular complexity index is 718. The first kappa shape index (κ1) is 18.3. The van der Waals surface area contributed by atoms with E-state index in [1.54, 1.807) is 6.92 Å². The molecular formula is C15H20N2O6S. The molecule has 0 radical (unpaired) electrons. The number of hydrogen-bond donors (Lipinski definition) is 1. The predicted octanol–water partition coefficient (Wildman–Crippen LogP) is 2.00. The molecule has 0 heterocycles. The molecule has 1 aromatic rings. The van der Waals surface area contributed by atoms with E-state index in [4.69, 9.17) is 4.74 Å². The van der Waals surface area contributed by atoms with Crippen molar-refractivity contribution in [3.05, 3.63) is 34.4 Å². The number of benzene rings is 1. The van der Waals surface area contributed by atoms with E-state index in [0.717, 1.165) is 18.9 Å². The van der Waals surface area contributed by atoms with Crippen LogP contribution in [0.4, 0.5) is 5.69 Å². The number of nitro groups is 1. The lowest BCUT2D eigenvalue weighted by atomic mass is 9.85. The van der Waals surface area contributed by atoms with Crippen LogP contribution in [0.25, 0.3) is 0 Å². The van der Waals surface area contributed by atoms with E-state index in [9.17, 15) is 23.3 Å². The van der Waals surface area contributed by atoms with Crippen molar-refractivity contribution in [1.29, 1.82) is 0 Å². The van der Waals surface area contributed by atoms with Gasteiger partial charge in [-0.25, -0.2) is 13.1 Å². The molecule has 2 atom stereocenters. The first-order chi connectivity index (χ1) is 11.4. The molecule has 0 unspecified atom stereocenters. The number of carbonyl (C=O) groups excluding carboxylic acids is 1. The van der Waals surface area contributed by atoms with Crippen LogP contribution in [0.2, 0.25) is 0 Å². The quantitative estimate of drug-likeness (QED) is 0.473. The Hall–Kier alpha value is -2.00.